The van der Waals surface area contributed by atoms with Crippen LogP contribution in [0.4, 0.5) is 5.69 Å². The molecule has 0 saturated carbocycles. The van der Waals surface area contributed by atoms with Crippen LogP contribution in [0.15, 0.2) is 24.3 Å². The fraction of sp³-hybridized carbons (Fsp3) is 0.556. The van der Waals surface area contributed by atoms with E-state index in [4.69, 9.17) is 12.2 Å². The molecule has 2 rings (SSSR count). The van der Waals surface area contributed by atoms with Crippen LogP contribution < -0.4 is 5.32 Å². The summed E-state index contributed by atoms with van der Waals surface area (Å²) in [5.74, 6) is 0.167. The van der Waals surface area contributed by atoms with Crippen molar-refractivity contribution >= 4 is 28.9 Å². The highest BCUT2D eigenvalue weighted by Gasteiger charge is 2.28. The van der Waals surface area contributed by atoms with Crippen molar-refractivity contribution in [2.75, 3.05) is 18.4 Å². The summed E-state index contributed by atoms with van der Waals surface area (Å²) in [5, 5.41) is 4.13. The number of carbonyl (C=O) groups excluding carboxylic acids is 1. The molecule has 1 fully saturated rings. The molecular weight excluding hydrogens is 306 g/mol. The van der Waals surface area contributed by atoms with E-state index in [1.54, 1.807) is 6.92 Å². The summed E-state index contributed by atoms with van der Waals surface area (Å²) >= 11 is 5.66. The molecule has 0 aliphatic carbocycles. The zero-order valence-electron chi connectivity index (χ0n) is 14.5. The number of hydrogen-bond donors (Lipinski definition) is 1. The van der Waals surface area contributed by atoms with Crippen molar-refractivity contribution in [2.24, 2.45) is 0 Å². The van der Waals surface area contributed by atoms with E-state index in [2.05, 4.69) is 55.3 Å². The zero-order valence-corrected chi connectivity index (χ0v) is 15.3. The molecule has 5 heteroatoms. The first-order valence-electron chi connectivity index (χ1n) is 8.30. The van der Waals surface area contributed by atoms with Gasteiger partial charge in [0.2, 0.25) is 5.91 Å². The van der Waals surface area contributed by atoms with Gasteiger partial charge in [-0.2, -0.15) is 0 Å². The minimum Gasteiger partial charge on any atom is -0.343 e. The first-order chi connectivity index (χ1) is 10.9. The molecule has 23 heavy (non-hydrogen) atoms. The monoisotopic (exact) mass is 333 g/mol. The van der Waals surface area contributed by atoms with Crippen molar-refractivity contribution in [1.29, 1.82) is 0 Å². The second-order valence-electron chi connectivity index (χ2n) is 6.53. The number of likely N-dealkylation sites (tertiary alicyclic amines) is 1. The predicted octanol–water partition coefficient (Wildman–Crippen LogP) is 3.41. The highest BCUT2D eigenvalue weighted by atomic mass is 32.1. The van der Waals surface area contributed by atoms with Gasteiger partial charge < -0.3 is 15.1 Å². The molecule has 1 aromatic carbocycles. The average Bonchev–Trinajstić information content (AvgIpc) is 2.50. The maximum Gasteiger partial charge on any atom is 0.219 e. The second-order valence-corrected chi connectivity index (χ2v) is 6.92. The molecule has 1 aliphatic rings. The Bertz CT molecular complexity index is 548. The quantitative estimate of drug-likeness (QED) is 0.860. The fourth-order valence-electron chi connectivity index (χ4n) is 3.11. The number of piperidine rings is 1. The Morgan fingerprint density at radius 3 is 2.30 bits per heavy atom. The molecule has 0 unspecified atom stereocenters. The predicted molar refractivity (Wildman–Crippen MR) is 99.7 cm³/mol. The van der Waals surface area contributed by atoms with Crippen LogP contribution in [0.2, 0.25) is 0 Å². The second kappa shape index (κ2) is 7.77. The molecule has 1 N–H and O–H groups in total. The van der Waals surface area contributed by atoms with Crippen molar-refractivity contribution in [3.63, 3.8) is 0 Å². The van der Waals surface area contributed by atoms with Crippen molar-refractivity contribution in [2.45, 2.75) is 52.6 Å². The van der Waals surface area contributed by atoms with Gasteiger partial charge in [0.05, 0.1) is 0 Å². The smallest absolute Gasteiger partial charge is 0.219 e. The lowest BCUT2D eigenvalue weighted by molar-refractivity contribution is -0.130. The molecule has 1 amide bonds. The summed E-state index contributed by atoms with van der Waals surface area (Å²) in [6.45, 7) is 9.68. The van der Waals surface area contributed by atoms with E-state index in [1.165, 1.54) is 5.56 Å². The number of nitrogens with one attached hydrogen (secondary N) is 1. The number of benzene rings is 1. The van der Waals surface area contributed by atoms with Gasteiger partial charge in [-0.05, 0) is 58.0 Å². The maximum absolute atomic E-state index is 11.5. The molecule has 1 aliphatic heterocycles. The highest BCUT2D eigenvalue weighted by Crippen LogP contribution is 2.21. The third kappa shape index (κ3) is 4.67. The number of aryl methyl sites for hydroxylation is 1. The summed E-state index contributed by atoms with van der Waals surface area (Å²) in [6, 6.07) is 8.98. The van der Waals surface area contributed by atoms with Crippen molar-refractivity contribution in [3.8, 4) is 0 Å². The number of thiocarbonyl (C=S) groups is 1. The van der Waals surface area contributed by atoms with E-state index >= 15 is 0 Å². The van der Waals surface area contributed by atoms with Gasteiger partial charge in [-0.25, -0.2) is 0 Å². The molecule has 0 atom stereocenters. The Morgan fingerprint density at radius 2 is 1.83 bits per heavy atom. The standard InChI is InChI=1S/C18H27N3OS/c1-13(2)21(17-9-11-20(12-10-17)15(4)22)18(23)19-16-7-5-14(3)6-8-16/h5-8,13,17H,9-12H2,1-4H3,(H,19,23). The van der Waals surface area contributed by atoms with Crippen LogP contribution >= 0.6 is 12.2 Å². The lowest BCUT2D eigenvalue weighted by atomic mass is 10.0. The van der Waals surface area contributed by atoms with E-state index in [9.17, 15) is 4.79 Å². The topological polar surface area (TPSA) is 35.6 Å². The number of hydrogen-bond acceptors (Lipinski definition) is 2. The molecule has 1 aromatic rings. The van der Waals surface area contributed by atoms with Gasteiger partial charge >= 0.3 is 0 Å². The average molecular weight is 334 g/mol. The van der Waals surface area contributed by atoms with E-state index in [-0.39, 0.29) is 5.91 Å². The Labute approximate surface area is 144 Å². The normalized spacial score (nSPS) is 15.6. The number of carbonyl (C=O) groups is 1. The third-order valence-electron chi connectivity index (χ3n) is 4.40. The van der Waals surface area contributed by atoms with Crippen LogP contribution in [0.3, 0.4) is 0 Å². The van der Waals surface area contributed by atoms with E-state index in [0.29, 0.717) is 12.1 Å². The molecule has 0 radical (unpaired) electrons. The summed E-state index contributed by atoms with van der Waals surface area (Å²) < 4.78 is 0. The van der Waals surface area contributed by atoms with Gasteiger partial charge in [-0.1, -0.05) is 17.7 Å². The van der Waals surface area contributed by atoms with Gasteiger partial charge in [-0.15, -0.1) is 0 Å². The van der Waals surface area contributed by atoms with Crippen LogP contribution in [-0.2, 0) is 4.79 Å². The van der Waals surface area contributed by atoms with Crippen LogP contribution in [0.25, 0.3) is 0 Å². The first-order valence-corrected chi connectivity index (χ1v) is 8.71. The Kier molecular flexibility index (Phi) is 5.99. The minimum absolute atomic E-state index is 0.167. The Hall–Kier alpha value is -1.62. The molecule has 4 nitrogen and oxygen atoms in total. The number of anilines is 1. The Balaban J connectivity index is 2.02. The molecule has 0 aromatic heterocycles. The van der Waals surface area contributed by atoms with Gasteiger partial charge in [-0.3, -0.25) is 4.79 Å². The summed E-state index contributed by atoms with van der Waals surface area (Å²) in [6.07, 6.45) is 1.93. The van der Waals surface area contributed by atoms with Crippen LogP contribution in [0, 0.1) is 6.92 Å². The minimum atomic E-state index is 0.167. The van der Waals surface area contributed by atoms with Crippen LogP contribution in [0.5, 0.6) is 0 Å². The maximum atomic E-state index is 11.5. The molecule has 1 saturated heterocycles. The SMILES string of the molecule is CC(=O)N1CCC(N(C(=S)Nc2ccc(C)cc2)C(C)C)CC1. The summed E-state index contributed by atoms with van der Waals surface area (Å²) in [4.78, 5) is 15.7. The zero-order chi connectivity index (χ0) is 17.0. The van der Waals surface area contributed by atoms with Crippen LogP contribution in [0.1, 0.15) is 39.2 Å². The van der Waals surface area contributed by atoms with Crippen molar-refractivity contribution < 1.29 is 4.79 Å². The van der Waals surface area contributed by atoms with E-state index in [1.807, 2.05) is 4.90 Å². The van der Waals surface area contributed by atoms with Crippen molar-refractivity contribution in [3.05, 3.63) is 29.8 Å². The van der Waals surface area contributed by atoms with Gasteiger partial charge in [0.25, 0.3) is 0 Å². The van der Waals surface area contributed by atoms with Crippen molar-refractivity contribution in [1.82, 2.24) is 9.80 Å². The number of rotatable bonds is 3. The summed E-state index contributed by atoms with van der Waals surface area (Å²) in [7, 11) is 0. The molecule has 126 valence electrons. The molecular formula is C18H27N3OS. The first kappa shape index (κ1) is 17.7. The lowest BCUT2D eigenvalue weighted by Crippen LogP contribution is -2.52. The van der Waals surface area contributed by atoms with Gasteiger partial charge in [0, 0.05) is 37.8 Å². The molecule has 1 heterocycles. The summed E-state index contributed by atoms with van der Waals surface area (Å²) in [5.41, 5.74) is 2.26. The largest absolute Gasteiger partial charge is 0.343 e. The van der Waals surface area contributed by atoms with E-state index < -0.39 is 0 Å². The lowest BCUT2D eigenvalue weighted by Gasteiger charge is -2.41. The Morgan fingerprint density at radius 1 is 1.26 bits per heavy atom. The highest BCUT2D eigenvalue weighted by molar-refractivity contribution is 7.80. The van der Waals surface area contributed by atoms with Gasteiger partial charge in [0.15, 0.2) is 5.11 Å². The number of nitrogens with zero attached hydrogens (tertiary/aromatic N) is 2. The fourth-order valence-corrected chi connectivity index (χ4v) is 3.58. The molecule has 0 bridgehead atoms. The van der Waals surface area contributed by atoms with E-state index in [0.717, 1.165) is 36.7 Å². The number of amides is 1. The third-order valence-corrected chi connectivity index (χ3v) is 4.71. The molecule has 0 spiro atoms. The van der Waals surface area contributed by atoms with Crippen LogP contribution in [-0.4, -0.2) is 46.0 Å². The van der Waals surface area contributed by atoms with Gasteiger partial charge in [0.1, 0.15) is 0 Å².